The van der Waals surface area contributed by atoms with Crippen molar-refractivity contribution in [2.75, 3.05) is 39.0 Å². The number of carbonyl (C=O) groups is 2. The zero-order valence-corrected chi connectivity index (χ0v) is 25.5. The highest BCUT2D eigenvalue weighted by Gasteiger charge is 2.35. The maximum Gasteiger partial charge on any atom is 0.412 e. The molecule has 1 unspecified atom stereocenters. The number of nitrogens with zero attached hydrogens (tertiary/aromatic N) is 2. The number of benzene rings is 2. The molecule has 0 bridgehead atoms. The van der Waals surface area contributed by atoms with E-state index >= 15 is 0 Å². The summed E-state index contributed by atoms with van der Waals surface area (Å²) < 4.78 is 49.4. The molecule has 1 aliphatic carbocycles. The molecule has 16 heteroatoms. The minimum Gasteiger partial charge on any atom is -0.453 e. The number of ether oxygens (including phenoxy) is 4. The number of sulfonamides is 1. The SMILES string of the molecule is COC(=O)Nc1n[nH]c2ccc(S(=O)(=O)N(CC(O)[C@@H](Cc3ccccc3)NC(=O)OC3COCOC3)OC3CCCC3)cc12. The van der Waals surface area contributed by atoms with Crippen LogP contribution in [0.5, 0.6) is 0 Å². The van der Waals surface area contributed by atoms with E-state index in [1.165, 1.54) is 25.3 Å². The average Bonchev–Trinajstić information content (AvgIpc) is 3.71. The van der Waals surface area contributed by atoms with Gasteiger partial charge in [-0.05, 0) is 43.0 Å². The Morgan fingerprint density at radius 3 is 2.53 bits per heavy atom. The third kappa shape index (κ3) is 8.47. The van der Waals surface area contributed by atoms with Gasteiger partial charge in [-0.3, -0.25) is 15.3 Å². The lowest BCUT2D eigenvalue weighted by Gasteiger charge is -2.31. The topological polar surface area (TPSA) is 191 Å². The number of alkyl carbamates (subject to hydrolysis) is 1. The number of aliphatic hydroxyl groups excluding tert-OH is 1. The summed E-state index contributed by atoms with van der Waals surface area (Å²) in [5.74, 6) is 0.0802. The summed E-state index contributed by atoms with van der Waals surface area (Å²) in [6.45, 7) is -0.0569. The average molecular weight is 648 g/mol. The molecule has 4 N–H and O–H groups in total. The fraction of sp³-hybridized carbons (Fsp3) is 0.483. The summed E-state index contributed by atoms with van der Waals surface area (Å²) in [6, 6.07) is 12.4. The van der Waals surface area contributed by atoms with E-state index in [2.05, 4.69) is 25.6 Å². The zero-order chi connectivity index (χ0) is 31.8. The fourth-order valence-electron chi connectivity index (χ4n) is 5.17. The molecule has 2 atom stereocenters. The maximum atomic E-state index is 14.1. The molecule has 0 radical (unpaired) electrons. The number of H-pyrrole nitrogens is 1. The second-order valence-electron chi connectivity index (χ2n) is 10.8. The molecule has 1 saturated carbocycles. The summed E-state index contributed by atoms with van der Waals surface area (Å²) in [5, 5.41) is 23.7. The molecular weight excluding hydrogens is 610 g/mol. The number of hydrogen-bond donors (Lipinski definition) is 4. The van der Waals surface area contributed by atoms with Gasteiger partial charge in [0.25, 0.3) is 10.0 Å². The minimum absolute atomic E-state index is 0.0802. The number of hydrogen-bond acceptors (Lipinski definition) is 11. The Hall–Kier alpha value is -3.80. The van der Waals surface area contributed by atoms with E-state index in [1.807, 2.05) is 30.3 Å². The molecule has 5 rings (SSSR count). The van der Waals surface area contributed by atoms with Crippen LogP contribution in [0, 0.1) is 0 Å². The van der Waals surface area contributed by atoms with Crippen molar-refractivity contribution in [3.8, 4) is 0 Å². The van der Waals surface area contributed by atoms with Crippen LogP contribution < -0.4 is 10.6 Å². The van der Waals surface area contributed by atoms with Crippen molar-refractivity contribution < 1.29 is 46.9 Å². The number of aliphatic hydroxyl groups is 1. The first-order chi connectivity index (χ1) is 21.7. The van der Waals surface area contributed by atoms with Crippen molar-refractivity contribution in [2.24, 2.45) is 0 Å². The number of anilines is 1. The molecule has 2 aliphatic rings. The standard InChI is InChI=1S/C29H37N5O10S/c1-40-28(36)31-27-23-14-22(11-12-24(23)32-33-27)45(38,39)34(44-20-9-5-6-10-20)15-26(35)25(13-19-7-3-2-4-8-19)30-29(37)43-21-16-41-18-42-17-21/h2-4,7-8,11-12,14,20-21,25-26,35H,5-6,9-10,13,15-18H2,1H3,(H,30,37)(H2,31,32,33,36)/t25-,26?/m1/s1. The van der Waals surface area contributed by atoms with Crippen LogP contribution in [-0.2, 0) is 40.2 Å². The van der Waals surface area contributed by atoms with E-state index in [9.17, 15) is 23.1 Å². The smallest absolute Gasteiger partial charge is 0.412 e. The van der Waals surface area contributed by atoms with Crippen LogP contribution in [0.4, 0.5) is 15.4 Å². The van der Waals surface area contributed by atoms with Gasteiger partial charge in [0.15, 0.2) is 11.9 Å². The van der Waals surface area contributed by atoms with E-state index < -0.39 is 47.0 Å². The number of aromatic amines is 1. The molecule has 1 aliphatic heterocycles. The molecular formula is C29H37N5O10S. The summed E-state index contributed by atoms with van der Waals surface area (Å²) in [6.07, 6.45) is -0.769. The van der Waals surface area contributed by atoms with Gasteiger partial charge in [0.1, 0.15) is 6.79 Å². The molecule has 45 heavy (non-hydrogen) atoms. The van der Waals surface area contributed by atoms with Crippen LogP contribution >= 0.6 is 0 Å². The lowest BCUT2D eigenvalue weighted by Crippen LogP contribution is -2.52. The summed E-state index contributed by atoms with van der Waals surface area (Å²) in [4.78, 5) is 30.5. The molecule has 2 aromatic carbocycles. The number of aromatic nitrogens is 2. The first kappa shape index (κ1) is 32.6. The Morgan fingerprint density at radius 1 is 1.09 bits per heavy atom. The lowest BCUT2D eigenvalue weighted by atomic mass is 10.0. The van der Waals surface area contributed by atoms with E-state index in [4.69, 9.17) is 19.0 Å². The second kappa shape index (κ2) is 15.0. The van der Waals surface area contributed by atoms with Crippen LogP contribution in [-0.4, -0.2) is 98.4 Å². The molecule has 1 aromatic heterocycles. The fourth-order valence-corrected chi connectivity index (χ4v) is 6.50. The monoisotopic (exact) mass is 647 g/mol. The van der Waals surface area contributed by atoms with Crippen LogP contribution in [0.15, 0.2) is 53.4 Å². The third-order valence-electron chi connectivity index (χ3n) is 7.53. The van der Waals surface area contributed by atoms with Gasteiger partial charge in [-0.2, -0.15) is 5.10 Å². The van der Waals surface area contributed by atoms with Crippen molar-refractivity contribution >= 4 is 38.9 Å². The number of carbonyl (C=O) groups excluding carboxylic acids is 2. The van der Waals surface area contributed by atoms with Crippen LogP contribution in [0.25, 0.3) is 10.9 Å². The highest BCUT2D eigenvalue weighted by atomic mass is 32.2. The molecule has 3 aromatic rings. The number of fused-ring (bicyclic) bond motifs is 1. The minimum atomic E-state index is -4.37. The van der Waals surface area contributed by atoms with E-state index in [1.54, 1.807) is 0 Å². The number of amides is 2. The summed E-state index contributed by atoms with van der Waals surface area (Å²) in [5.41, 5.74) is 1.27. The number of nitrogens with one attached hydrogen (secondary N) is 3. The first-order valence-electron chi connectivity index (χ1n) is 14.6. The Bertz CT molecular complexity index is 1540. The number of methoxy groups -OCH3 is 1. The van der Waals surface area contributed by atoms with Gasteiger partial charge in [-0.25, -0.2) is 18.0 Å². The number of hydroxylamine groups is 1. The molecule has 2 fully saturated rings. The Balaban J connectivity index is 1.40. The van der Waals surface area contributed by atoms with Gasteiger partial charge in [0.05, 0.1) is 55.5 Å². The van der Waals surface area contributed by atoms with E-state index in [0.717, 1.165) is 22.9 Å². The molecule has 0 spiro atoms. The predicted molar refractivity (Wildman–Crippen MR) is 159 cm³/mol. The van der Waals surface area contributed by atoms with Crippen molar-refractivity contribution in [1.29, 1.82) is 0 Å². The van der Waals surface area contributed by atoms with Gasteiger partial charge in [0.2, 0.25) is 0 Å². The largest absolute Gasteiger partial charge is 0.453 e. The van der Waals surface area contributed by atoms with Gasteiger partial charge in [-0.1, -0.05) is 47.6 Å². The highest BCUT2D eigenvalue weighted by Crippen LogP contribution is 2.29. The van der Waals surface area contributed by atoms with Crippen LogP contribution in [0.1, 0.15) is 31.2 Å². The highest BCUT2D eigenvalue weighted by molar-refractivity contribution is 7.89. The summed E-state index contributed by atoms with van der Waals surface area (Å²) >= 11 is 0. The molecule has 2 amide bonds. The van der Waals surface area contributed by atoms with Gasteiger partial charge < -0.3 is 29.4 Å². The Kier molecular flexibility index (Phi) is 10.9. The van der Waals surface area contributed by atoms with Crippen molar-refractivity contribution in [1.82, 2.24) is 20.0 Å². The molecule has 15 nitrogen and oxygen atoms in total. The van der Waals surface area contributed by atoms with Gasteiger partial charge in [-0.15, -0.1) is 0 Å². The maximum absolute atomic E-state index is 14.1. The second-order valence-corrected chi connectivity index (χ2v) is 12.6. The predicted octanol–water partition coefficient (Wildman–Crippen LogP) is 2.68. The van der Waals surface area contributed by atoms with E-state index in [-0.39, 0.29) is 43.2 Å². The molecule has 2 heterocycles. The first-order valence-corrected chi connectivity index (χ1v) is 16.0. The van der Waals surface area contributed by atoms with Crippen molar-refractivity contribution in [3.05, 3.63) is 54.1 Å². The zero-order valence-electron chi connectivity index (χ0n) is 24.7. The van der Waals surface area contributed by atoms with Crippen molar-refractivity contribution in [3.63, 3.8) is 0 Å². The quantitative estimate of drug-likeness (QED) is 0.211. The van der Waals surface area contributed by atoms with Gasteiger partial charge in [0, 0.05) is 5.39 Å². The number of rotatable bonds is 12. The van der Waals surface area contributed by atoms with Crippen LogP contribution in [0.3, 0.4) is 0 Å². The molecule has 244 valence electrons. The van der Waals surface area contributed by atoms with E-state index in [0.29, 0.717) is 23.7 Å². The summed E-state index contributed by atoms with van der Waals surface area (Å²) in [7, 11) is -3.18. The Morgan fingerprint density at radius 2 is 1.82 bits per heavy atom. The van der Waals surface area contributed by atoms with Gasteiger partial charge >= 0.3 is 12.2 Å². The third-order valence-corrected chi connectivity index (χ3v) is 9.15. The molecule has 1 saturated heterocycles. The Labute approximate surface area is 260 Å². The van der Waals surface area contributed by atoms with Crippen LogP contribution in [0.2, 0.25) is 0 Å². The normalized spacial score (nSPS) is 17.7. The van der Waals surface area contributed by atoms with Crippen molar-refractivity contribution in [2.45, 2.75) is 61.4 Å². The lowest BCUT2D eigenvalue weighted by molar-refractivity contribution is -0.153.